The Morgan fingerprint density at radius 3 is 2.44 bits per heavy atom. The molecule has 0 saturated carbocycles. The first-order chi connectivity index (χ1) is 11.8. The molecule has 3 heterocycles. The highest BCUT2D eigenvalue weighted by atomic mass is 79.9. The lowest BCUT2D eigenvalue weighted by atomic mass is 10.3. The number of carbonyl (C=O) groups excluding carboxylic acids is 2. The lowest BCUT2D eigenvalue weighted by Crippen LogP contribution is -2.10. The topological polar surface area (TPSA) is 125 Å². The summed E-state index contributed by atoms with van der Waals surface area (Å²) in [5, 5.41) is 5.97. The number of rotatable bonds is 2. The molecule has 0 radical (unpaired) electrons. The average molecular weight is 476 g/mol. The zero-order valence-corrected chi connectivity index (χ0v) is 16.5. The van der Waals surface area contributed by atoms with Gasteiger partial charge in [-0.15, -0.1) is 0 Å². The maximum atomic E-state index is 11.2. The smallest absolute Gasteiger partial charge is 0.357 e. The van der Waals surface area contributed by atoms with Crippen LogP contribution in [0.15, 0.2) is 20.5 Å². The Hall–Kier alpha value is -2.34. The summed E-state index contributed by atoms with van der Waals surface area (Å²) >= 11 is 6.30. The highest BCUT2D eigenvalue weighted by Gasteiger charge is 2.19. The van der Waals surface area contributed by atoms with Gasteiger partial charge in [0.05, 0.1) is 13.3 Å². The molecule has 0 amide bonds. The van der Waals surface area contributed by atoms with E-state index < -0.39 is 5.97 Å². The van der Waals surface area contributed by atoms with Crippen molar-refractivity contribution in [3.8, 4) is 0 Å². The van der Waals surface area contributed by atoms with E-state index in [-0.39, 0.29) is 16.9 Å². The number of H-pyrrole nitrogens is 1. The van der Waals surface area contributed by atoms with Crippen LogP contribution in [0.1, 0.15) is 21.0 Å². The van der Waals surface area contributed by atoms with Crippen LogP contribution in [0.4, 0.5) is 0 Å². The predicted molar refractivity (Wildman–Crippen MR) is 94.5 cm³/mol. The second-order valence-corrected chi connectivity index (χ2v) is 6.07. The van der Waals surface area contributed by atoms with Gasteiger partial charge in [-0.3, -0.25) is 9.59 Å². The second-order valence-electron chi connectivity index (χ2n) is 4.66. The number of fused-ring (bicyclic) bond motifs is 1. The standard InChI is InChI=1S/C7H7BrN2O3.C6H5BrN4O/c1-10-5(6(12)13-2)4(3-11)9-7(10)8;1-11-4-3(9-6(11)7)2-8-10-5(4)12/h3H,1-2H3;2H,1H3,(H,10,12). The number of imidazole rings is 2. The van der Waals surface area contributed by atoms with Crippen molar-refractivity contribution >= 4 is 55.1 Å². The number of aromatic amines is 1. The molecule has 3 rings (SSSR count). The zero-order chi connectivity index (χ0) is 18.7. The summed E-state index contributed by atoms with van der Waals surface area (Å²) in [6.07, 6.45) is 2.03. The molecule has 0 spiro atoms. The number of hydrogen-bond donors (Lipinski definition) is 1. The molecule has 0 aliphatic heterocycles. The Balaban J connectivity index is 0.000000181. The number of aromatic nitrogens is 6. The Morgan fingerprint density at radius 2 is 1.88 bits per heavy atom. The second kappa shape index (κ2) is 7.70. The SMILES string of the molecule is COC(=O)c1c(C=O)nc(Br)n1C.Cn1c(Br)nc2cn[nH]c(=O)c21. The van der Waals surface area contributed by atoms with Crippen LogP contribution >= 0.6 is 31.9 Å². The van der Waals surface area contributed by atoms with E-state index in [0.29, 0.717) is 26.8 Å². The van der Waals surface area contributed by atoms with Gasteiger partial charge in [-0.2, -0.15) is 5.10 Å². The van der Waals surface area contributed by atoms with E-state index in [1.165, 1.54) is 17.9 Å². The molecule has 3 aromatic heterocycles. The first-order valence-corrected chi connectivity index (χ1v) is 8.21. The normalized spacial score (nSPS) is 10.3. The van der Waals surface area contributed by atoms with Gasteiger partial charge in [-0.05, 0) is 31.9 Å². The van der Waals surface area contributed by atoms with Crippen LogP contribution in [0.25, 0.3) is 11.0 Å². The number of nitrogens with one attached hydrogen (secondary N) is 1. The molecular weight excluding hydrogens is 464 g/mol. The summed E-state index contributed by atoms with van der Waals surface area (Å²) in [6.45, 7) is 0. The number of nitrogens with zero attached hydrogens (tertiary/aromatic N) is 5. The Labute approximate surface area is 157 Å². The molecule has 0 atom stereocenters. The van der Waals surface area contributed by atoms with Gasteiger partial charge in [0.2, 0.25) is 0 Å². The third-order valence-electron chi connectivity index (χ3n) is 3.19. The minimum Gasteiger partial charge on any atom is -0.464 e. The number of aldehydes is 1. The number of hydrogen-bond acceptors (Lipinski definition) is 7. The van der Waals surface area contributed by atoms with Crippen LogP contribution in [0, 0.1) is 0 Å². The molecule has 12 heteroatoms. The molecule has 25 heavy (non-hydrogen) atoms. The van der Waals surface area contributed by atoms with Crippen LogP contribution in [0.3, 0.4) is 0 Å². The van der Waals surface area contributed by atoms with Crippen molar-refractivity contribution in [2.24, 2.45) is 14.1 Å². The van der Waals surface area contributed by atoms with E-state index in [4.69, 9.17) is 0 Å². The van der Waals surface area contributed by atoms with E-state index in [1.54, 1.807) is 18.7 Å². The molecule has 0 bridgehead atoms. The molecule has 0 unspecified atom stereocenters. The molecule has 0 aliphatic rings. The average Bonchev–Trinajstić information content (AvgIpc) is 3.05. The molecule has 1 N–H and O–H groups in total. The summed E-state index contributed by atoms with van der Waals surface area (Å²) in [4.78, 5) is 40.8. The third-order valence-corrected chi connectivity index (χ3v) is 4.61. The lowest BCUT2D eigenvalue weighted by Gasteiger charge is -2.00. The fraction of sp³-hybridized carbons (Fsp3) is 0.231. The summed E-state index contributed by atoms with van der Waals surface area (Å²) in [5.74, 6) is -0.581. The fourth-order valence-electron chi connectivity index (χ4n) is 1.97. The number of ether oxygens (including phenoxy) is 1. The molecular formula is C13H12Br2N6O4. The van der Waals surface area contributed by atoms with Crippen LogP contribution in [0.5, 0.6) is 0 Å². The van der Waals surface area contributed by atoms with Gasteiger partial charge >= 0.3 is 5.97 Å². The van der Waals surface area contributed by atoms with E-state index in [0.717, 1.165) is 0 Å². The minimum absolute atomic E-state index is 0.0706. The third kappa shape index (κ3) is 3.69. The van der Waals surface area contributed by atoms with Crippen molar-refractivity contribution in [3.63, 3.8) is 0 Å². The Morgan fingerprint density at radius 1 is 1.24 bits per heavy atom. The number of esters is 1. The predicted octanol–water partition coefficient (Wildman–Crippen LogP) is 1.20. The minimum atomic E-state index is -0.581. The van der Waals surface area contributed by atoms with Crippen LogP contribution < -0.4 is 5.56 Å². The quantitative estimate of drug-likeness (QED) is 0.436. The van der Waals surface area contributed by atoms with E-state index in [2.05, 4.69) is 56.8 Å². The summed E-state index contributed by atoms with van der Waals surface area (Å²) in [7, 11) is 4.61. The highest BCUT2D eigenvalue weighted by Crippen LogP contribution is 2.14. The number of methoxy groups -OCH3 is 1. The lowest BCUT2D eigenvalue weighted by molar-refractivity contribution is 0.0587. The van der Waals surface area contributed by atoms with E-state index in [1.807, 2.05) is 0 Å². The molecule has 0 aliphatic carbocycles. The summed E-state index contributed by atoms with van der Waals surface area (Å²) < 4.78 is 8.63. The zero-order valence-electron chi connectivity index (χ0n) is 13.3. The highest BCUT2D eigenvalue weighted by molar-refractivity contribution is 9.10. The molecule has 0 saturated heterocycles. The van der Waals surface area contributed by atoms with Crippen LogP contribution in [-0.2, 0) is 18.8 Å². The van der Waals surface area contributed by atoms with Gasteiger partial charge in [-0.1, -0.05) is 0 Å². The van der Waals surface area contributed by atoms with Gasteiger partial charge in [0.25, 0.3) is 5.56 Å². The maximum absolute atomic E-state index is 11.2. The summed E-state index contributed by atoms with van der Waals surface area (Å²) in [5.41, 5.74) is 1.10. The van der Waals surface area contributed by atoms with Gasteiger partial charge in [-0.25, -0.2) is 19.9 Å². The molecule has 0 aromatic carbocycles. The van der Waals surface area contributed by atoms with Crippen molar-refractivity contribution in [2.75, 3.05) is 7.11 Å². The van der Waals surface area contributed by atoms with E-state index in [9.17, 15) is 14.4 Å². The van der Waals surface area contributed by atoms with Crippen LogP contribution in [-0.4, -0.2) is 48.7 Å². The largest absolute Gasteiger partial charge is 0.464 e. The van der Waals surface area contributed by atoms with Gasteiger partial charge < -0.3 is 13.9 Å². The van der Waals surface area contributed by atoms with Crippen molar-refractivity contribution in [1.82, 2.24) is 29.3 Å². The number of aryl methyl sites for hydroxylation is 1. The number of halogens is 2. The molecule has 10 nitrogen and oxygen atoms in total. The summed E-state index contributed by atoms with van der Waals surface area (Å²) in [6, 6.07) is 0. The van der Waals surface area contributed by atoms with E-state index >= 15 is 0 Å². The number of carbonyl (C=O) groups is 2. The van der Waals surface area contributed by atoms with Crippen molar-refractivity contribution in [1.29, 1.82) is 0 Å². The maximum Gasteiger partial charge on any atom is 0.357 e. The van der Waals surface area contributed by atoms with Gasteiger partial charge in [0.15, 0.2) is 21.4 Å². The van der Waals surface area contributed by atoms with Crippen molar-refractivity contribution < 1.29 is 14.3 Å². The molecule has 132 valence electrons. The Bertz CT molecular complexity index is 1010. The van der Waals surface area contributed by atoms with Gasteiger partial charge in [0, 0.05) is 14.1 Å². The first kappa shape index (κ1) is 19.0. The Kier molecular flexibility index (Phi) is 5.85. The van der Waals surface area contributed by atoms with Gasteiger partial charge in [0.1, 0.15) is 16.7 Å². The monoisotopic (exact) mass is 474 g/mol. The molecule has 0 fully saturated rings. The first-order valence-electron chi connectivity index (χ1n) is 6.63. The van der Waals surface area contributed by atoms with Crippen LogP contribution in [0.2, 0.25) is 0 Å². The molecule has 3 aromatic rings. The van der Waals surface area contributed by atoms with Crippen molar-refractivity contribution in [3.05, 3.63) is 37.4 Å². The fourth-order valence-corrected chi connectivity index (χ4v) is 2.70. The van der Waals surface area contributed by atoms with Crippen molar-refractivity contribution in [2.45, 2.75) is 0 Å².